The molecule has 1 atom stereocenters. The molecule has 0 radical (unpaired) electrons. The molecule has 0 amide bonds. The van der Waals surface area contributed by atoms with E-state index < -0.39 is 0 Å². The molecule has 1 aromatic carbocycles. The lowest BCUT2D eigenvalue weighted by atomic mass is 9.94. The predicted octanol–water partition coefficient (Wildman–Crippen LogP) is 3.24. The van der Waals surface area contributed by atoms with E-state index in [-0.39, 0.29) is 5.60 Å². The van der Waals surface area contributed by atoms with Gasteiger partial charge in [0.05, 0.1) is 11.9 Å². The third-order valence-corrected chi connectivity index (χ3v) is 3.72. The van der Waals surface area contributed by atoms with Gasteiger partial charge in [-0.1, -0.05) is 6.07 Å². The fraction of sp³-hybridized carbons (Fsp3) is 0.438. The van der Waals surface area contributed by atoms with Crippen molar-refractivity contribution in [2.24, 2.45) is 0 Å². The van der Waals surface area contributed by atoms with E-state index in [9.17, 15) is 0 Å². The smallest absolute Gasteiger partial charge is 0.0991 e. The van der Waals surface area contributed by atoms with Gasteiger partial charge in [-0.15, -0.1) is 0 Å². The van der Waals surface area contributed by atoms with Gasteiger partial charge >= 0.3 is 0 Å². The Morgan fingerprint density at radius 2 is 2.30 bits per heavy atom. The van der Waals surface area contributed by atoms with Crippen LogP contribution in [0.2, 0.25) is 0 Å². The molecule has 1 fully saturated rings. The summed E-state index contributed by atoms with van der Waals surface area (Å²) in [5, 5.41) is 3.63. The van der Waals surface area contributed by atoms with Gasteiger partial charge in [0.15, 0.2) is 0 Å². The third-order valence-electron chi connectivity index (χ3n) is 3.72. The first-order valence-electron chi connectivity index (χ1n) is 7.11. The average Bonchev–Trinajstić information content (AvgIpc) is 2.91. The van der Waals surface area contributed by atoms with Crippen LogP contribution in [-0.2, 0) is 4.74 Å². The Morgan fingerprint density at radius 1 is 1.40 bits per heavy atom. The molecular weight excluding hydrogens is 250 g/mol. The van der Waals surface area contributed by atoms with Crippen molar-refractivity contribution in [2.45, 2.75) is 38.3 Å². The van der Waals surface area contributed by atoms with Gasteiger partial charge in [-0.3, -0.25) is 0 Å². The number of nitrogens with zero attached hydrogens (tertiary/aromatic N) is 2. The Hall–Kier alpha value is -1.81. The Bertz CT molecular complexity index is 563. The van der Waals surface area contributed by atoms with Crippen molar-refractivity contribution in [3.8, 4) is 5.69 Å². The van der Waals surface area contributed by atoms with Crippen molar-refractivity contribution in [3.05, 3.63) is 43.0 Å². The summed E-state index contributed by atoms with van der Waals surface area (Å²) in [6.07, 6.45) is 7.65. The zero-order valence-corrected chi connectivity index (χ0v) is 12.0. The van der Waals surface area contributed by atoms with Gasteiger partial charge in [0.2, 0.25) is 0 Å². The lowest BCUT2D eigenvalue weighted by Crippen LogP contribution is -2.40. The van der Waals surface area contributed by atoms with Crippen molar-refractivity contribution in [3.63, 3.8) is 0 Å². The highest BCUT2D eigenvalue weighted by atomic mass is 16.5. The molecule has 1 saturated heterocycles. The van der Waals surface area contributed by atoms with E-state index in [1.54, 1.807) is 6.20 Å². The van der Waals surface area contributed by atoms with Crippen LogP contribution in [0.25, 0.3) is 5.69 Å². The SMILES string of the molecule is CC1(C)CC(Nc2cccc(-n3ccnc3)c2)CCO1. The van der Waals surface area contributed by atoms with E-state index in [0.717, 1.165) is 30.8 Å². The Labute approximate surface area is 119 Å². The van der Waals surface area contributed by atoms with Gasteiger partial charge in [-0.25, -0.2) is 4.98 Å². The molecular formula is C16H21N3O. The van der Waals surface area contributed by atoms with E-state index in [2.05, 4.69) is 48.4 Å². The highest BCUT2D eigenvalue weighted by Gasteiger charge is 2.28. The minimum atomic E-state index is -0.0299. The second-order valence-electron chi connectivity index (χ2n) is 5.96. The van der Waals surface area contributed by atoms with Crippen LogP contribution >= 0.6 is 0 Å². The van der Waals surface area contributed by atoms with E-state index >= 15 is 0 Å². The summed E-state index contributed by atoms with van der Waals surface area (Å²) in [5.41, 5.74) is 2.25. The van der Waals surface area contributed by atoms with Crippen molar-refractivity contribution < 1.29 is 4.74 Å². The maximum Gasteiger partial charge on any atom is 0.0991 e. The number of benzene rings is 1. The lowest BCUT2D eigenvalue weighted by molar-refractivity contribution is -0.0553. The van der Waals surface area contributed by atoms with Crippen LogP contribution in [-0.4, -0.2) is 27.8 Å². The largest absolute Gasteiger partial charge is 0.382 e. The molecule has 3 rings (SSSR count). The second kappa shape index (κ2) is 5.29. The molecule has 1 aromatic heterocycles. The van der Waals surface area contributed by atoms with E-state index in [0.29, 0.717) is 6.04 Å². The number of aromatic nitrogens is 2. The van der Waals surface area contributed by atoms with Crippen molar-refractivity contribution >= 4 is 5.69 Å². The third kappa shape index (κ3) is 3.02. The summed E-state index contributed by atoms with van der Waals surface area (Å²) in [4.78, 5) is 4.09. The molecule has 20 heavy (non-hydrogen) atoms. The zero-order chi connectivity index (χ0) is 14.0. The number of anilines is 1. The standard InChI is InChI=1S/C16H21N3O/c1-16(2)11-14(6-9-20-16)18-13-4-3-5-15(10-13)19-8-7-17-12-19/h3-5,7-8,10,12,14,18H,6,9,11H2,1-2H3. The molecule has 1 aliphatic rings. The Kier molecular flexibility index (Phi) is 3.49. The molecule has 4 nitrogen and oxygen atoms in total. The molecule has 4 heteroatoms. The summed E-state index contributed by atoms with van der Waals surface area (Å²) in [5.74, 6) is 0. The molecule has 0 spiro atoms. The molecule has 2 heterocycles. The zero-order valence-electron chi connectivity index (χ0n) is 12.0. The molecule has 0 bridgehead atoms. The predicted molar refractivity (Wildman–Crippen MR) is 80.2 cm³/mol. The monoisotopic (exact) mass is 271 g/mol. The minimum absolute atomic E-state index is 0.0299. The molecule has 2 aromatic rings. The van der Waals surface area contributed by atoms with Crippen LogP contribution in [0.4, 0.5) is 5.69 Å². The maximum absolute atomic E-state index is 5.76. The molecule has 1 aliphatic heterocycles. The summed E-state index contributed by atoms with van der Waals surface area (Å²) < 4.78 is 7.78. The van der Waals surface area contributed by atoms with Crippen LogP contribution in [0.15, 0.2) is 43.0 Å². The van der Waals surface area contributed by atoms with Gasteiger partial charge < -0.3 is 14.6 Å². The average molecular weight is 271 g/mol. The molecule has 0 aliphatic carbocycles. The van der Waals surface area contributed by atoms with E-state index in [1.807, 2.05) is 17.1 Å². The molecule has 1 unspecified atom stereocenters. The molecule has 0 saturated carbocycles. The number of ether oxygens (including phenoxy) is 1. The molecule has 1 N–H and O–H groups in total. The number of imidazole rings is 1. The van der Waals surface area contributed by atoms with Crippen molar-refractivity contribution in [1.29, 1.82) is 0 Å². The Balaban J connectivity index is 1.73. The van der Waals surface area contributed by atoms with Crippen LogP contribution in [0, 0.1) is 0 Å². The van der Waals surface area contributed by atoms with Gasteiger partial charge in [0, 0.05) is 36.4 Å². The van der Waals surface area contributed by atoms with Crippen molar-refractivity contribution in [1.82, 2.24) is 9.55 Å². The quantitative estimate of drug-likeness (QED) is 0.931. The van der Waals surface area contributed by atoms with E-state index in [1.165, 1.54) is 0 Å². The first kappa shape index (κ1) is 13.2. The normalized spacial score (nSPS) is 21.6. The summed E-state index contributed by atoms with van der Waals surface area (Å²) in [6.45, 7) is 5.14. The van der Waals surface area contributed by atoms with E-state index in [4.69, 9.17) is 4.74 Å². The maximum atomic E-state index is 5.76. The van der Waals surface area contributed by atoms with Crippen molar-refractivity contribution in [2.75, 3.05) is 11.9 Å². The lowest BCUT2D eigenvalue weighted by Gasteiger charge is -2.36. The first-order valence-corrected chi connectivity index (χ1v) is 7.11. The van der Waals surface area contributed by atoms with Gasteiger partial charge in [0.1, 0.15) is 0 Å². The summed E-state index contributed by atoms with van der Waals surface area (Å²) in [6, 6.07) is 8.90. The topological polar surface area (TPSA) is 39.1 Å². The summed E-state index contributed by atoms with van der Waals surface area (Å²) >= 11 is 0. The van der Waals surface area contributed by atoms with Crippen LogP contribution in [0.5, 0.6) is 0 Å². The van der Waals surface area contributed by atoms with Gasteiger partial charge in [-0.2, -0.15) is 0 Å². The van der Waals surface area contributed by atoms with Gasteiger partial charge in [-0.05, 0) is 44.9 Å². The highest BCUT2D eigenvalue weighted by molar-refractivity contribution is 5.51. The number of rotatable bonds is 3. The first-order chi connectivity index (χ1) is 9.62. The highest BCUT2D eigenvalue weighted by Crippen LogP contribution is 2.26. The fourth-order valence-electron chi connectivity index (χ4n) is 2.76. The molecule has 106 valence electrons. The Morgan fingerprint density at radius 3 is 3.05 bits per heavy atom. The van der Waals surface area contributed by atoms with Crippen LogP contribution in [0.1, 0.15) is 26.7 Å². The minimum Gasteiger partial charge on any atom is -0.382 e. The number of hydrogen-bond acceptors (Lipinski definition) is 3. The number of nitrogens with one attached hydrogen (secondary N) is 1. The number of hydrogen-bond donors (Lipinski definition) is 1. The fourth-order valence-corrected chi connectivity index (χ4v) is 2.76. The second-order valence-corrected chi connectivity index (χ2v) is 5.96. The van der Waals surface area contributed by atoms with Gasteiger partial charge in [0.25, 0.3) is 0 Å². The van der Waals surface area contributed by atoms with Crippen LogP contribution in [0.3, 0.4) is 0 Å². The summed E-state index contributed by atoms with van der Waals surface area (Å²) in [7, 11) is 0. The van der Waals surface area contributed by atoms with Crippen LogP contribution < -0.4 is 5.32 Å².